The molecule has 0 radical (unpaired) electrons. The van der Waals surface area contributed by atoms with Gasteiger partial charge in [0.05, 0.1) is 12.2 Å². The molecule has 0 aliphatic rings. The molecule has 6 nitrogen and oxygen atoms in total. The summed E-state index contributed by atoms with van der Waals surface area (Å²) in [6.07, 6.45) is 3.32. The number of carbonyl (C=O) groups excluding carboxylic acids is 1. The molecule has 2 heterocycles. The summed E-state index contributed by atoms with van der Waals surface area (Å²) in [5.74, 6) is 0.248. The largest absolute Gasteiger partial charge is 0.349 e. The highest BCUT2D eigenvalue weighted by Gasteiger charge is 2.17. The summed E-state index contributed by atoms with van der Waals surface area (Å²) >= 11 is 0. The quantitative estimate of drug-likeness (QED) is 0.750. The molecule has 2 aromatic heterocycles. The van der Waals surface area contributed by atoms with E-state index in [0.29, 0.717) is 24.7 Å². The number of pyridine rings is 1. The maximum atomic E-state index is 12.8. The lowest BCUT2D eigenvalue weighted by Crippen LogP contribution is -2.31. The van der Waals surface area contributed by atoms with E-state index in [1.807, 2.05) is 55.5 Å². The van der Waals surface area contributed by atoms with Crippen LogP contribution in [-0.4, -0.2) is 27.4 Å². The van der Waals surface area contributed by atoms with Gasteiger partial charge in [-0.05, 0) is 37.3 Å². The number of nitrogens with one attached hydrogen (secondary N) is 1. The molecule has 0 saturated carbocycles. The Morgan fingerprint density at radius 2 is 1.80 bits per heavy atom. The van der Waals surface area contributed by atoms with E-state index in [1.165, 1.54) is 0 Å². The smallest absolute Gasteiger partial charge is 0.277 e. The molecule has 0 unspecified atom stereocenters. The zero-order valence-corrected chi connectivity index (χ0v) is 14.0. The van der Waals surface area contributed by atoms with Crippen LogP contribution in [0.15, 0.2) is 67.0 Å². The van der Waals surface area contributed by atoms with Crippen LogP contribution in [0.25, 0.3) is 0 Å². The van der Waals surface area contributed by atoms with Crippen molar-refractivity contribution in [3.63, 3.8) is 0 Å². The predicted molar refractivity (Wildman–Crippen MR) is 97.4 cm³/mol. The van der Waals surface area contributed by atoms with E-state index in [9.17, 15) is 4.79 Å². The minimum Gasteiger partial charge on any atom is -0.349 e. The molecule has 1 N–H and O–H groups in total. The van der Waals surface area contributed by atoms with Crippen LogP contribution in [0.4, 0.5) is 11.6 Å². The van der Waals surface area contributed by atoms with Crippen molar-refractivity contribution in [2.75, 3.05) is 16.8 Å². The van der Waals surface area contributed by atoms with Crippen LogP contribution in [0, 0.1) is 0 Å². The van der Waals surface area contributed by atoms with Gasteiger partial charge >= 0.3 is 0 Å². The van der Waals surface area contributed by atoms with Crippen LogP contribution < -0.4 is 10.2 Å². The minimum atomic E-state index is -0.156. The minimum absolute atomic E-state index is 0.156. The monoisotopic (exact) mass is 333 g/mol. The standard InChI is InChI=1S/C19H19N5O/c1-2-24(16-9-4-3-5-10-16)18(25)17-11-13-21-19(23-17)22-14-15-8-6-7-12-20-15/h3-13H,2,14H2,1H3,(H,21,22,23). The van der Waals surface area contributed by atoms with E-state index >= 15 is 0 Å². The van der Waals surface area contributed by atoms with E-state index in [-0.39, 0.29) is 5.91 Å². The van der Waals surface area contributed by atoms with Gasteiger partial charge in [0, 0.05) is 24.6 Å². The molecule has 0 aliphatic carbocycles. The number of aromatic nitrogens is 3. The maximum absolute atomic E-state index is 12.8. The van der Waals surface area contributed by atoms with E-state index in [0.717, 1.165) is 11.4 Å². The molecule has 0 spiro atoms. The summed E-state index contributed by atoms with van der Waals surface area (Å²) in [4.78, 5) is 27.2. The molecule has 3 rings (SSSR count). The molecule has 0 aliphatic heterocycles. The predicted octanol–water partition coefficient (Wildman–Crippen LogP) is 3.15. The molecule has 0 fully saturated rings. The number of rotatable bonds is 6. The molecule has 0 atom stereocenters. The van der Waals surface area contributed by atoms with Crippen LogP contribution in [0.1, 0.15) is 23.1 Å². The van der Waals surface area contributed by atoms with Gasteiger partial charge < -0.3 is 10.2 Å². The topological polar surface area (TPSA) is 71.0 Å². The summed E-state index contributed by atoms with van der Waals surface area (Å²) in [6.45, 7) is 2.99. The number of para-hydroxylation sites is 1. The number of benzene rings is 1. The Morgan fingerprint density at radius 3 is 2.52 bits per heavy atom. The molecule has 25 heavy (non-hydrogen) atoms. The van der Waals surface area contributed by atoms with Crippen LogP contribution >= 0.6 is 0 Å². The zero-order chi connectivity index (χ0) is 17.5. The first-order chi connectivity index (χ1) is 12.3. The Hall–Kier alpha value is -3.28. The van der Waals surface area contributed by atoms with Gasteiger partial charge in [0.2, 0.25) is 5.95 Å². The van der Waals surface area contributed by atoms with E-state index < -0.39 is 0 Å². The third kappa shape index (κ3) is 4.17. The van der Waals surface area contributed by atoms with Crippen LogP contribution in [0.2, 0.25) is 0 Å². The zero-order valence-electron chi connectivity index (χ0n) is 14.0. The van der Waals surface area contributed by atoms with Crippen molar-refractivity contribution < 1.29 is 4.79 Å². The molecule has 126 valence electrons. The van der Waals surface area contributed by atoms with Gasteiger partial charge in [-0.15, -0.1) is 0 Å². The van der Waals surface area contributed by atoms with Gasteiger partial charge in [-0.25, -0.2) is 9.97 Å². The molecular weight excluding hydrogens is 314 g/mol. The Labute approximate surface area is 146 Å². The lowest BCUT2D eigenvalue weighted by atomic mass is 10.2. The number of hydrogen-bond acceptors (Lipinski definition) is 5. The molecule has 3 aromatic rings. The second kappa shape index (κ2) is 8.01. The van der Waals surface area contributed by atoms with Crippen LogP contribution in [0.5, 0.6) is 0 Å². The van der Waals surface area contributed by atoms with Gasteiger partial charge in [0.1, 0.15) is 5.69 Å². The van der Waals surface area contributed by atoms with E-state index in [4.69, 9.17) is 0 Å². The number of hydrogen-bond donors (Lipinski definition) is 1. The van der Waals surface area contributed by atoms with Gasteiger partial charge in [-0.1, -0.05) is 24.3 Å². The van der Waals surface area contributed by atoms with Crippen LogP contribution in [-0.2, 0) is 6.54 Å². The van der Waals surface area contributed by atoms with E-state index in [2.05, 4.69) is 20.3 Å². The average Bonchev–Trinajstić information content (AvgIpc) is 2.69. The number of anilines is 2. The summed E-state index contributed by atoms with van der Waals surface area (Å²) in [5, 5.41) is 3.10. The third-order valence-corrected chi connectivity index (χ3v) is 3.66. The van der Waals surface area contributed by atoms with Gasteiger partial charge in [0.25, 0.3) is 5.91 Å². The first-order valence-electron chi connectivity index (χ1n) is 8.11. The van der Waals surface area contributed by atoms with E-state index in [1.54, 1.807) is 23.4 Å². The fraction of sp³-hybridized carbons (Fsp3) is 0.158. The lowest BCUT2D eigenvalue weighted by Gasteiger charge is -2.20. The molecule has 6 heteroatoms. The Morgan fingerprint density at radius 1 is 1.00 bits per heavy atom. The van der Waals surface area contributed by atoms with Crippen molar-refractivity contribution in [1.29, 1.82) is 0 Å². The van der Waals surface area contributed by atoms with Gasteiger partial charge in [-0.2, -0.15) is 0 Å². The van der Waals surface area contributed by atoms with Crippen molar-refractivity contribution >= 4 is 17.5 Å². The maximum Gasteiger partial charge on any atom is 0.277 e. The van der Waals surface area contributed by atoms with Crippen LogP contribution in [0.3, 0.4) is 0 Å². The summed E-state index contributed by atoms with van der Waals surface area (Å²) in [6, 6.07) is 16.9. The Kier molecular flexibility index (Phi) is 5.31. The second-order valence-corrected chi connectivity index (χ2v) is 5.33. The Bertz CT molecular complexity index is 823. The third-order valence-electron chi connectivity index (χ3n) is 3.66. The molecule has 1 amide bonds. The summed E-state index contributed by atoms with van der Waals surface area (Å²) < 4.78 is 0. The average molecular weight is 333 g/mol. The van der Waals surface area contributed by atoms with Crippen molar-refractivity contribution in [1.82, 2.24) is 15.0 Å². The van der Waals surface area contributed by atoms with Crippen molar-refractivity contribution in [2.24, 2.45) is 0 Å². The fourth-order valence-corrected chi connectivity index (χ4v) is 2.42. The fourth-order valence-electron chi connectivity index (χ4n) is 2.42. The number of amides is 1. The van der Waals surface area contributed by atoms with Crippen molar-refractivity contribution in [3.05, 3.63) is 78.4 Å². The summed E-state index contributed by atoms with van der Waals surface area (Å²) in [5.41, 5.74) is 2.07. The van der Waals surface area contributed by atoms with Crippen molar-refractivity contribution in [2.45, 2.75) is 13.5 Å². The summed E-state index contributed by atoms with van der Waals surface area (Å²) in [7, 11) is 0. The van der Waals surface area contributed by atoms with Gasteiger partial charge in [0.15, 0.2) is 0 Å². The normalized spacial score (nSPS) is 10.3. The SMILES string of the molecule is CCN(C(=O)c1ccnc(NCc2ccccn2)n1)c1ccccc1. The highest BCUT2D eigenvalue weighted by molar-refractivity contribution is 6.04. The Balaban J connectivity index is 1.75. The van der Waals surface area contributed by atoms with Crippen molar-refractivity contribution in [3.8, 4) is 0 Å². The molecule has 1 aromatic carbocycles. The number of carbonyl (C=O) groups is 1. The first-order valence-corrected chi connectivity index (χ1v) is 8.11. The number of nitrogens with zero attached hydrogens (tertiary/aromatic N) is 4. The lowest BCUT2D eigenvalue weighted by molar-refractivity contribution is 0.0983. The highest BCUT2D eigenvalue weighted by Crippen LogP contribution is 2.16. The second-order valence-electron chi connectivity index (χ2n) is 5.33. The van der Waals surface area contributed by atoms with Gasteiger partial charge in [-0.3, -0.25) is 9.78 Å². The molecule has 0 saturated heterocycles. The highest BCUT2D eigenvalue weighted by atomic mass is 16.2. The molecular formula is C19H19N5O. The first kappa shape index (κ1) is 16.6. The molecule has 0 bridgehead atoms.